The highest BCUT2D eigenvalue weighted by molar-refractivity contribution is 7.99. The fourth-order valence-electron chi connectivity index (χ4n) is 3.47. The van der Waals surface area contributed by atoms with Crippen LogP contribution in [0.2, 0.25) is 0 Å². The molecule has 1 aromatic heterocycles. The van der Waals surface area contributed by atoms with E-state index in [9.17, 15) is 4.79 Å². The van der Waals surface area contributed by atoms with E-state index in [0.717, 1.165) is 41.5 Å². The molecule has 8 nitrogen and oxygen atoms in total. The van der Waals surface area contributed by atoms with Crippen LogP contribution in [-0.4, -0.2) is 35.1 Å². The van der Waals surface area contributed by atoms with Crippen LogP contribution in [0.5, 0.6) is 0 Å². The minimum Gasteiger partial charge on any atom is -0.356 e. The van der Waals surface area contributed by atoms with E-state index < -0.39 is 0 Å². The second-order valence-electron chi connectivity index (χ2n) is 7.94. The van der Waals surface area contributed by atoms with E-state index in [1.807, 2.05) is 80.6 Å². The van der Waals surface area contributed by atoms with E-state index in [-0.39, 0.29) is 12.1 Å². The first-order valence-corrected chi connectivity index (χ1v) is 12.0. The van der Waals surface area contributed by atoms with Gasteiger partial charge in [-0.25, -0.2) is 15.4 Å². The van der Waals surface area contributed by atoms with Crippen LogP contribution in [0.3, 0.4) is 0 Å². The molecule has 1 unspecified atom stereocenters. The van der Waals surface area contributed by atoms with Gasteiger partial charge in [-0.3, -0.25) is 10.6 Å². The topological polar surface area (TPSA) is 108 Å². The second kappa shape index (κ2) is 11.1. The highest BCUT2D eigenvalue weighted by Crippen LogP contribution is 2.30. The fraction of sp³-hybridized carbons (Fsp3) is 0.240. The molecule has 1 fully saturated rings. The summed E-state index contributed by atoms with van der Waals surface area (Å²) < 4.78 is 0. The number of aromatic nitrogens is 2. The Labute approximate surface area is 204 Å². The van der Waals surface area contributed by atoms with Crippen LogP contribution in [0, 0.1) is 6.92 Å². The molecule has 9 heteroatoms. The number of hydrazine groups is 1. The highest BCUT2D eigenvalue weighted by Gasteiger charge is 2.19. The lowest BCUT2D eigenvalue weighted by Crippen LogP contribution is -2.40. The molecule has 3 aromatic rings. The van der Waals surface area contributed by atoms with Crippen LogP contribution in [0.25, 0.3) is 0 Å². The summed E-state index contributed by atoms with van der Waals surface area (Å²) in [5, 5.41) is 6.88. The molecule has 1 atom stereocenters. The van der Waals surface area contributed by atoms with Gasteiger partial charge < -0.3 is 15.5 Å². The number of allylic oxidation sites excluding steroid dienone is 1. The van der Waals surface area contributed by atoms with Gasteiger partial charge in [0.05, 0.1) is 0 Å². The summed E-state index contributed by atoms with van der Waals surface area (Å²) in [7, 11) is 0. The van der Waals surface area contributed by atoms with Gasteiger partial charge >= 0.3 is 0 Å². The van der Waals surface area contributed by atoms with Gasteiger partial charge in [-0.1, -0.05) is 30.4 Å². The van der Waals surface area contributed by atoms with Crippen molar-refractivity contribution in [3.63, 3.8) is 0 Å². The molecule has 1 saturated heterocycles. The first-order valence-electron chi connectivity index (χ1n) is 11.2. The molecule has 2 aromatic carbocycles. The van der Waals surface area contributed by atoms with Gasteiger partial charge in [-0.2, -0.15) is 0 Å². The predicted octanol–water partition coefficient (Wildman–Crippen LogP) is 4.18. The van der Waals surface area contributed by atoms with Gasteiger partial charge in [0.15, 0.2) is 5.16 Å². The van der Waals surface area contributed by atoms with Crippen molar-refractivity contribution in [1.82, 2.24) is 15.4 Å². The number of nitrogens with zero attached hydrogens (tertiary/aromatic N) is 3. The van der Waals surface area contributed by atoms with E-state index in [1.165, 1.54) is 11.8 Å². The third-order valence-corrected chi connectivity index (χ3v) is 6.32. The first-order chi connectivity index (χ1) is 16.6. The maximum Gasteiger partial charge on any atom is 0.255 e. The summed E-state index contributed by atoms with van der Waals surface area (Å²) in [6.45, 7) is 5.84. The third-order valence-electron chi connectivity index (χ3n) is 5.45. The fourth-order valence-corrected chi connectivity index (χ4v) is 4.24. The Kier molecular flexibility index (Phi) is 7.79. The zero-order chi connectivity index (χ0) is 23.9. The number of nitrogens with two attached hydrogens (primary N) is 1. The lowest BCUT2D eigenvalue weighted by atomic mass is 10.1. The molecule has 1 aliphatic heterocycles. The van der Waals surface area contributed by atoms with E-state index in [0.29, 0.717) is 16.5 Å². The Bertz CT molecular complexity index is 1160. The van der Waals surface area contributed by atoms with Crippen molar-refractivity contribution in [2.45, 2.75) is 36.5 Å². The number of benzene rings is 2. The second-order valence-corrected chi connectivity index (χ2v) is 8.99. The number of carbonyl (C=O) groups excluding carboxylic acids is 1. The SMILES string of the molecule is C/C=C/C(NN)Nc1cc(N2CCC2)nc(Sc2ccc(NC(=O)c3ccccc3C)cc2)n1. The molecule has 0 spiro atoms. The molecule has 0 radical (unpaired) electrons. The third kappa shape index (κ3) is 5.93. The van der Waals surface area contributed by atoms with Crippen molar-refractivity contribution in [3.8, 4) is 0 Å². The number of rotatable bonds is 9. The number of aryl methyl sites for hydroxylation is 1. The van der Waals surface area contributed by atoms with Crippen LogP contribution < -0.4 is 26.8 Å². The van der Waals surface area contributed by atoms with Gasteiger partial charge in [-0.05, 0) is 67.9 Å². The van der Waals surface area contributed by atoms with Crippen molar-refractivity contribution in [3.05, 3.63) is 77.9 Å². The number of carbonyl (C=O) groups is 1. The van der Waals surface area contributed by atoms with Crippen LogP contribution in [0.1, 0.15) is 29.3 Å². The Balaban J connectivity index is 1.48. The van der Waals surface area contributed by atoms with Crippen molar-refractivity contribution in [2.75, 3.05) is 28.6 Å². The zero-order valence-electron chi connectivity index (χ0n) is 19.3. The van der Waals surface area contributed by atoms with Crippen molar-refractivity contribution in [2.24, 2.45) is 5.84 Å². The first kappa shape index (κ1) is 23.7. The van der Waals surface area contributed by atoms with E-state index >= 15 is 0 Å². The Hall–Kier alpha value is -3.40. The molecule has 5 N–H and O–H groups in total. The van der Waals surface area contributed by atoms with Crippen molar-refractivity contribution < 1.29 is 4.79 Å². The Morgan fingerprint density at radius 3 is 2.56 bits per heavy atom. The predicted molar refractivity (Wildman–Crippen MR) is 138 cm³/mol. The molecule has 2 heterocycles. The van der Waals surface area contributed by atoms with E-state index in [2.05, 4.69) is 25.9 Å². The number of amides is 1. The summed E-state index contributed by atoms with van der Waals surface area (Å²) in [5.41, 5.74) is 5.06. The van der Waals surface area contributed by atoms with Gasteiger partial charge in [0.1, 0.15) is 17.8 Å². The van der Waals surface area contributed by atoms with Gasteiger partial charge in [0.25, 0.3) is 5.91 Å². The monoisotopic (exact) mass is 475 g/mol. The summed E-state index contributed by atoms with van der Waals surface area (Å²) >= 11 is 1.47. The number of hydrogen-bond donors (Lipinski definition) is 4. The Morgan fingerprint density at radius 1 is 1.15 bits per heavy atom. The molecule has 4 rings (SSSR count). The van der Waals surface area contributed by atoms with Crippen LogP contribution in [-0.2, 0) is 0 Å². The molecule has 1 aliphatic rings. The summed E-state index contributed by atoms with van der Waals surface area (Å²) in [6, 6.07) is 17.2. The molecule has 0 aliphatic carbocycles. The van der Waals surface area contributed by atoms with Crippen molar-refractivity contribution >= 4 is 35.0 Å². The average Bonchev–Trinajstić information content (AvgIpc) is 2.79. The molecule has 0 bridgehead atoms. The van der Waals surface area contributed by atoms with E-state index in [4.69, 9.17) is 10.8 Å². The zero-order valence-corrected chi connectivity index (χ0v) is 20.1. The lowest BCUT2D eigenvalue weighted by Gasteiger charge is -2.32. The molecule has 176 valence electrons. The summed E-state index contributed by atoms with van der Waals surface area (Å²) in [6.07, 6.45) is 4.76. The number of nitrogens with one attached hydrogen (secondary N) is 3. The summed E-state index contributed by atoms with van der Waals surface area (Å²) in [4.78, 5) is 25.2. The Morgan fingerprint density at radius 2 is 1.91 bits per heavy atom. The maximum atomic E-state index is 12.6. The lowest BCUT2D eigenvalue weighted by molar-refractivity contribution is 0.102. The molecule has 1 amide bonds. The molecule has 0 saturated carbocycles. The molecular formula is C25H29N7OS. The molecule has 34 heavy (non-hydrogen) atoms. The minimum atomic E-state index is -0.238. The smallest absolute Gasteiger partial charge is 0.255 e. The van der Waals surface area contributed by atoms with Crippen LogP contribution >= 0.6 is 11.8 Å². The normalized spacial score (nSPS) is 14.0. The van der Waals surface area contributed by atoms with Crippen LogP contribution in [0.15, 0.2) is 76.8 Å². The quantitative estimate of drug-likeness (QED) is 0.120. The van der Waals surface area contributed by atoms with Gasteiger partial charge in [-0.15, -0.1) is 0 Å². The van der Waals surface area contributed by atoms with Gasteiger partial charge in [0, 0.05) is 35.3 Å². The average molecular weight is 476 g/mol. The highest BCUT2D eigenvalue weighted by atomic mass is 32.2. The van der Waals surface area contributed by atoms with E-state index in [1.54, 1.807) is 0 Å². The maximum absolute atomic E-state index is 12.6. The van der Waals surface area contributed by atoms with Crippen LogP contribution in [0.4, 0.5) is 17.3 Å². The number of anilines is 3. The number of hydrogen-bond acceptors (Lipinski definition) is 8. The minimum absolute atomic E-state index is 0.121. The largest absolute Gasteiger partial charge is 0.356 e. The standard InChI is InChI=1S/C25H29N7OS/c1-3-7-21(31-26)28-22-16-23(32-14-6-15-32)30-25(29-22)34-19-12-10-18(11-13-19)27-24(33)20-9-5-4-8-17(20)2/h3-5,7-13,16,21,31H,6,14-15,26H2,1-2H3,(H,27,33)(H,28,29,30)/b7-3+. The van der Waals surface area contributed by atoms with Crippen molar-refractivity contribution in [1.29, 1.82) is 0 Å². The summed E-state index contributed by atoms with van der Waals surface area (Å²) in [5.74, 6) is 7.11. The van der Waals surface area contributed by atoms with Gasteiger partial charge in [0.2, 0.25) is 0 Å². The molecular weight excluding hydrogens is 446 g/mol.